The van der Waals surface area contributed by atoms with E-state index in [4.69, 9.17) is 4.84 Å². The highest BCUT2D eigenvalue weighted by molar-refractivity contribution is 4.71. The van der Waals surface area contributed by atoms with Gasteiger partial charge in [0.25, 0.3) is 0 Å². The average Bonchev–Trinajstić information content (AvgIpc) is 2.32. The topological polar surface area (TPSA) is 31.0 Å². The monoisotopic (exact) mass is 214 g/mol. The summed E-state index contributed by atoms with van der Waals surface area (Å²) in [5, 5.41) is 10.4. The van der Waals surface area contributed by atoms with Crippen LogP contribution in [0.5, 0.6) is 0 Å². The second-order valence-electron chi connectivity index (χ2n) is 4.00. The van der Waals surface area contributed by atoms with E-state index in [0.29, 0.717) is 0 Å². The highest BCUT2D eigenvalue weighted by atomic mass is 16.7. The van der Waals surface area contributed by atoms with Gasteiger partial charge < -0.3 is 5.32 Å². The molecular formula is C10H22N4O. The van der Waals surface area contributed by atoms with Gasteiger partial charge in [-0.05, 0) is 6.92 Å². The Bertz CT molecular complexity index is 176. The Morgan fingerprint density at radius 2 is 1.53 bits per heavy atom. The largest absolute Gasteiger partial charge is 0.314 e. The van der Waals surface area contributed by atoms with Gasteiger partial charge >= 0.3 is 0 Å². The Morgan fingerprint density at radius 3 is 2.13 bits per heavy atom. The van der Waals surface area contributed by atoms with Crippen molar-refractivity contribution in [2.75, 3.05) is 59.0 Å². The molecule has 5 heteroatoms. The van der Waals surface area contributed by atoms with E-state index in [1.54, 1.807) is 0 Å². The quantitative estimate of drug-likeness (QED) is 0.676. The lowest BCUT2D eigenvalue weighted by Crippen LogP contribution is -2.58. The molecule has 2 saturated heterocycles. The van der Waals surface area contributed by atoms with E-state index in [2.05, 4.69) is 20.4 Å². The molecule has 0 unspecified atom stereocenters. The number of rotatable bonds is 3. The minimum Gasteiger partial charge on any atom is -0.314 e. The molecule has 15 heavy (non-hydrogen) atoms. The van der Waals surface area contributed by atoms with Gasteiger partial charge in [-0.1, -0.05) is 0 Å². The molecule has 0 bridgehead atoms. The average molecular weight is 214 g/mol. The second kappa shape index (κ2) is 5.77. The van der Waals surface area contributed by atoms with Gasteiger partial charge in [0.05, 0.1) is 6.61 Å². The summed E-state index contributed by atoms with van der Waals surface area (Å²) in [7, 11) is 0. The Morgan fingerprint density at radius 1 is 0.933 bits per heavy atom. The summed E-state index contributed by atoms with van der Waals surface area (Å²) < 4.78 is 0. The van der Waals surface area contributed by atoms with Crippen molar-refractivity contribution in [2.24, 2.45) is 0 Å². The first-order chi connectivity index (χ1) is 7.40. The Hall–Kier alpha value is -0.200. The van der Waals surface area contributed by atoms with Crippen LogP contribution in [0.3, 0.4) is 0 Å². The summed E-state index contributed by atoms with van der Waals surface area (Å²) in [4.78, 5) is 5.49. The van der Waals surface area contributed by atoms with Crippen LogP contribution in [0.25, 0.3) is 0 Å². The van der Waals surface area contributed by atoms with E-state index in [-0.39, 0.29) is 0 Å². The van der Waals surface area contributed by atoms with Gasteiger partial charge in [-0.3, -0.25) is 4.84 Å². The molecule has 0 amide bonds. The smallest absolute Gasteiger partial charge is 0.0656 e. The fourth-order valence-corrected chi connectivity index (χ4v) is 2.21. The summed E-state index contributed by atoms with van der Waals surface area (Å²) in [5.74, 6) is 0. The summed E-state index contributed by atoms with van der Waals surface area (Å²) in [6, 6.07) is 0. The zero-order valence-electron chi connectivity index (χ0n) is 9.61. The molecule has 88 valence electrons. The van der Waals surface area contributed by atoms with Crippen molar-refractivity contribution in [3.63, 3.8) is 0 Å². The zero-order chi connectivity index (χ0) is 10.5. The van der Waals surface area contributed by atoms with Crippen LogP contribution in [0.1, 0.15) is 6.92 Å². The van der Waals surface area contributed by atoms with Gasteiger partial charge in [0.1, 0.15) is 0 Å². The van der Waals surface area contributed by atoms with Gasteiger partial charge in [0, 0.05) is 52.4 Å². The molecule has 1 N–H and O–H groups in total. The number of hydrazine groups is 1. The van der Waals surface area contributed by atoms with E-state index in [9.17, 15) is 0 Å². The molecule has 0 aromatic heterocycles. The molecule has 0 atom stereocenters. The van der Waals surface area contributed by atoms with Gasteiger partial charge in [-0.25, -0.2) is 10.0 Å². The molecule has 5 nitrogen and oxygen atoms in total. The normalized spacial score (nSPS) is 27.0. The number of hydrogen-bond acceptors (Lipinski definition) is 5. The Balaban J connectivity index is 1.72. The second-order valence-corrected chi connectivity index (χ2v) is 4.00. The van der Waals surface area contributed by atoms with Crippen LogP contribution in [0.15, 0.2) is 0 Å². The maximum atomic E-state index is 5.49. The molecule has 0 aromatic carbocycles. The summed E-state index contributed by atoms with van der Waals surface area (Å²) >= 11 is 0. The number of hydrogen-bond donors (Lipinski definition) is 1. The van der Waals surface area contributed by atoms with Crippen LogP contribution in [0.2, 0.25) is 0 Å². The van der Waals surface area contributed by atoms with Gasteiger partial charge in [-0.2, -0.15) is 5.06 Å². The van der Waals surface area contributed by atoms with Crippen molar-refractivity contribution in [3.05, 3.63) is 0 Å². The van der Waals surface area contributed by atoms with E-state index >= 15 is 0 Å². The highest BCUT2D eigenvalue weighted by Crippen LogP contribution is 2.06. The van der Waals surface area contributed by atoms with Crippen molar-refractivity contribution >= 4 is 0 Å². The first-order valence-electron chi connectivity index (χ1n) is 5.98. The zero-order valence-corrected chi connectivity index (χ0v) is 9.61. The van der Waals surface area contributed by atoms with Crippen LogP contribution in [0.4, 0.5) is 0 Å². The van der Waals surface area contributed by atoms with E-state index in [1.165, 1.54) is 0 Å². The molecule has 2 heterocycles. The minimum atomic E-state index is 0.785. The van der Waals surface area contributed by atoms with Crippen LogP contribution >= 0.6 is 0 Å². The third-order valence-corrected chi connectivity index (χ3v) is 3.02. The minimum absolute atomic E-state index is 0.785. The maximum absolute atomic E-state index is 5.49. The highest BCUT2D eigenvalue weighted by Gasteiger charge is 2.22. The van der Waals surface area contributed by atoms with Crippen LogP contribution in [-0.2, 0) is 4.84 Å². The molecule has 0 spiro atoms. The summed E-state index contributed by atoms with van der Waals surface area (Å²) in [5.41, 5.74) is 0. The lowest BCUT2D eigenvalue weighted by Gasteiger charge is -2.42. The van der Waals surface area contributed by atoms with Gasteiger partial charge in [0.2, 0.25) is 0 Å². The fraction of sp³-hybridized carbons (Fsp3) is 1.00. The summed E-state index contributed by atoms with van der Waals surface area (Å²) in [6.45, 7) is 11.6. The number of piperazine rings is 2. The molecule has 0 radical (unpaired) electrons. The molecule has 2 aliphatic heterocycles. The first kappa shape index (κ1) is 11.3. The lowest BCUT2D eigenvalue weighted by molar-refractivity contribution is -0.195. The van der Waals surface area contributed by atoms with E-state index in [0.717, 1.165) is 59.0 Å². The van der Waals surface area contributed by atoms with Crippen LogP contribution in [0, 0.1) is 0 Å². The van der Waals surface area contributed by atoms with Crippen molar-refractivity contribution in [3.8, 4) is 0 Å². The predicted octanol–water partition coefficient (Wildman–Crippen LogP) is -0.624. The fourth-order valence-electron chi connectivity index (χ4n) is 2.21. The number of nitrogens with one attached hydrogen (secondary N) is 1. The summed E-state index contributed by atoms with van der Waals surface area (Å²) in [6.07, 6.45) is 0. The van der Waals surface area contributed by atoms with Gasteiger partial charge in [0.15, 0.2) is 0 Å². The number of nitrogens with zero attached hydrogens (tertiary/aromatic N) is 3. The van der Waals surface area contributed by atoms with Crippen molar-refractivity contribution in [1.29, 1.82) is 0 Å². The molecule has 0 aliphatic carbocycles. The van der Waals surface area contributed by atoms with Gasteiger partial charge in [-0.15, -0.1) is 0 Å². The van der Waals surface area contributed by atoms with Crippen molar-refractivity contribution in [1.82, 2.24) is 20.4 Å². The van der Waals surface area contributed by atoms with Crippen molar-refractivity contribution < 1.29 is 4.84 Å². The number of hydroxylamine groups is 2. The Labute approximate surface area is 91.9 Å². The molecule has 0 aromatic rings. The molecular weight excluding hydrogens is 192 g/mol. The van der Waals surface area contributed by atoms with E-state index in [1.807, 2.05) is 6.92 Å². The molecule has 0 saturated carbocycles. The molecule has 2 rings (SSSR count). The van der Waals surface area contributed by atoms with E-state index < -0.39 is 0 Å². The van der Waals surface area contributed by atoms with Crippen LogP contribution in [-0.4, -0.2) is 74.0 Å². The van der Waals surface area contributed by atoms with Crippen LogP contribution < -0.4 is 5.32 Å². The lowest BCUT2D eigenvalue weighted by atomic mass is 10.3. The third-order valence-electron chi connectivity index (χ3n) is 3.02. The first-order valence-corrected chi connectivity index (χ1v) is 5.98. The third kappa shape index (κ3) is 3.12. The molecule has 2 aliphatic rings. The Kier molecular flexibility index (Phi) is 4.34. The molecule has 2 fully saturated rings. The SMILES string of the molecule is CCON1CCN(N2CCNCC2)CC1. The predicted molar refractivity (Wildman–Crippen MR) is 59.2 cm³/mol. The van der Waals surface area contributed by atoms with Crippen molar-refractivity contribution in [2.45, 2.75) is 6.92 Å². The maximum Gasteiger partial charge on any atom is 0.0656 e. The standard InChI is InChI=1S/C10H22N4O/c1-2-15-14-9-7-13(8-10-14)12-5-3-11-4-6-12/h11H,2-10H2,1H3.